The van der Waals surface area contributed by atoms with E-state index in [-0.39, 0.29) is 5.91 Å². The fourth-order valence-electron chi connectivity index (χ4n) is 2.94. The number of nitrogens with zero attached hydrogens (tertiary/aromatic N) is 4. The molecule has 1 N–H and O–H groups in total. The molecule has 4 rings (SSSR count). The first-order valence-corrected chi connectivity index (χ1v) is 9.66. The lowest BCUT2D eigenvalue weighted by Gasteiger charge is -2.16. The highest BCUT2D eigenvalue weighted by Gasteiger charge is 2.22. The first-order chi connectivity index (χ1) is 14.7. The molecule has 1 amide bonds. The number of hydrogen-bond donors (Lipinski definition) is 1. The third-order valence-corrected chi connectivity index (χ3v) is 4.76. The Balaban J connectivity index is 1.46. The number of aromatic nitrogens is 4. The van der Waals surface area contributed by atoms with Gasteiger partial charge in [-0.05, 0) is 52.4 Å². The van der Waals surface area contributed by atoms with Gasteiger partial charge in [0, 0.05) is 12.1 Å². The first-order valence-electron chi connectivity index (χ1n) is 9.29. The lowest BCUT2D eigenvalue weighted by Crippen LogP contribution is -2.28. The predicted molar refractivity (Wildman–Crippen MR) is 114 cm³/mol. The summed E-state index contributed by atoms with van der Waals surface area (Å²) in [5, 5.41) is 14.7. The SMILES string of the molecule is O=C(Nc1ccc(Oc2ccccc2Cl)cc1)C(Cc1ccccc1)n1cnnn1. The highest BCUT2D eigenvalue weighted by atomic mass is 35.5. The van der Waals surface area contributed by atoms with Gasteiger partial charge >= 0.3 is 0 Å². The zero-order valence-corrected chi connectivity index (χ0v) is 16.6. The average Bonchev–Trinajstić information content (AvgIpc) is 3.30. The standard InChI is InChI=1S/C22H18ClN5O2/c23-19-8-4-5-9-21(19)30-18-12-10-17(11-13-18)25-22(29)20(28-15-24-26-27-28)14-16-6-2-1-3-7-16/h1-13,15,20H,14H2,(H,25,29). The number of benzene rings is 3. The van der Waals surface area contributed by atoms with Crippen LogP contribution in [-0.4, -0.2) is 26.1 Å². The summed E-state index contributed by atoms with van der Waals surface area (Å²) in [7, 11) is 0. The van der Waals surface area contributed by atoms with E-state index in [9.17, 15) is 4.79 Å². The number of nitrogens with one attached hydrogen (secondary N) is 1. The van der Waals surface area contributed by atoms with Crippen molar-refractivity contribution in [3.63, 3.8) is 0 Å². The molecule has 0 aliphatic rings. The van der Waals surface area contributed by atoms with E-state index in [0.29, 0.717) is 28.6 Å². The Labute approximate surface area is 178 Å². The molecule has 8 heteroatoms. The van der Waals surface area contributed by atoms with Crippen molar-refractivity contribution >= 4 is 23.2 Å². The second-order valence-corrected chi connectivity index (χ2v) is 6.95. The van der Waals surface area contributed by atoms with E-state index in [1.165, 1.54) is 11.0 Å². The molecule has 3 aromatic carbocycles. The normalized spacial score (nSPS) is 11.6. The van der Waals surface area contributed by atoms with Gasteiger partial charge in [0.2, 0.25) is 5.91 Å². The zero-order chi connectivity index (χ0) is 20.8. The molecule has 0 bridgehead atoms. The van der Waals surface area contributed by atoms with E-state index in [4.69, 9.17) is 16.3 Å². The Morgan fingerprint density at radius 2 is 1.73 bits per heavy atom. The van der Waals surface area contributed by atoms with Crippen molar-refractivity contribution in [3.05, 3.63) is 95.8 Å². The lowest BCUT2D eigenvalue weighted by atomic mass is 10.1. The summed E-state index contributed by atoms with van der Waals surface area (Å²) >= 11 is 6.12. The van der Waals surface area contributed by atoms with E-state index in [0.717, 1.165) is 5.56 Å². The van der Waals surface area contributed by atoms with E-state index < -0.39 is 6.04 Å². The van der Waals surface area contributed by atoms with Gasteiger partial charge < -0.3 is 10.1 Å². The second kappa shape index (κ2) is 9.19. The maximum absolute atomic E-state index is 13.0. The maximum Gasteiger partial charge on any atom is 0.249 e. The summed E-state index contributed by atoms with van der Waals surface area (Å²) in [5.74, 6) is 0.964. The molecule has 0 saturated carbocycles. The maximum atomic E-state index is 13.0. The third-order valence-electron chi connectivity index (χ3n) is 4.45. The van der Waals surface area contributed by atoms with Gasteiger partial charge in [-0.1, -0.05) is 54.1 Å². The summed E-state index contributed by atoms with van der Waals surface area (Å²) in [6.45, 7) is 0. The highest BCUT2D eigenvalue weighted by molar-refractivity contribution is 6.32. The summed E-state index contributed by atoms with van der Waals surface area (Å²) < 4.78 is 7.23. The molecule has 7 nitrogen and oxygen atoms in total. The largest absolute Gasteiger partial charge is 0.456 e. The van der Waals surface area contributed by atoms with Crippen molar-refractivity contribution in [1.82, 2.24) is 20.2 Å². The quantitative estimate of drug-likeness (QED) is 0.475. The first kappa shape index (κ1) is 19.6. The van der Waals surface area contributed by atoms with Crippen LogP contribution in [0.3, 0.4) is 0 Å². The molecule has 1 atom stereocenters. The predicted octanol–water partition coefficient (Wildman–Crippen LogP) is 4.54. The fourth-order valence-corrected chi connectivity index (χ4v) is 3.12. The minimum atomic E-state index is -0.582. The molecule has 150 valence electrons. The number of tetrazole rings is 1. The van der Waals surface area contributed by atoms with E-state index >= 15 is 0 Å². The number of hydrogen-bond acceptors (Lipinski definition) is 5. The fraction of sp³-hybridized carbons (Fsp3) is 0.0909. The Bertz CT molecular complexity index is 1100. The molecular formula is C22H18ClN5O2. The van der Waals surface area contributed by atoms with Gasteiger partial charge in [-0.2, -0.15) is 0 Å². The number of halogens is 1. The van der Waals surface area contributed by atoms with Gasteiger partial charge in [-0.25, -0.2) is 4.68 Å². The minimum absolute atomic E-state index is 0.217. The van der Waals surface area contributed by atoms with Gasteiger partial charge in [0.05, 0.1) is 5.02 Å². The van der Waals surface area contributed by atoms with Crippen molar-refractivity contribution in [2.24, 2.45) is 0 Å². The zero-order valence-electron chi connectivity index (χ0n) is 15.9. The molecule has 30 heavy (non-hydrogen) atoms. The van der Waals surface area contributed by atoms with Crippen molar-refractivity contribution in [1.29, 1.82) is 0 Å². The van der Waals surface area contributed by atoms with Crippen LogP contribution in [0.4, 0.5) is 5.69 Å². The molecule has 0 aliphatic heterocycles. The number of para-hydroxylation sites is 1. The van der Waals surface area contributed by atoms with Crippen molar-refractivity contribution in [2.75, 3.05) is 5.32 Å². The summed E-state index contributed by atoms with van der Waals surface area (Å²) in [5.41, 5.74) is 1.65. The number of anilines is 1. The topological polar surface area (TPSA) is 81.9 Å². The number of ether oxygens (including phenoxy) is 1. The number of amides is 1. The smallest absolute Gasteiger partial charge is 0.249 e. The Morgan fingerprint density at radius 1 is 1.00 bits per heavy atom. The molecule has 1 unspecified atom stereocenters. The molecule has 1 heterocycles. The second-order valence-electron chi connectivity index (χ2n) is 6.54. The Morgan fingerprint density at radius 3 is 2.43 bits per heavy atom. The molecule has 0 spiro atoms. The number of carbonyl (C=O) groups is 1. The monoisotopic (exact) mass is 419 g/mol. The molecular weight excluding hydrogens is 402 g/mol. The number of carbonyl (C=O) groups excluding carboxylic acids is 1. The van der Waals surface area contributed by atoms with Crippen LogP contribution in [0.15, 0.2) is 85.2 Å². The van der Waals surface area contributed by atoms with Gasteiger partial charge in [0.1, 0.15) is 23.9 Å². The van der Waals surface area contributed by atoms with Crippen LogP contribution in [0.25, 0.3) is 0 Å². The van der Waals surface area contributed by atoms with Crippen LogP contribution in [0, 0.1) is 0 Å². The summed E-state index contributed by atoms with van der Waals surface area (Å²) in [6, 6.07) is 23.4. The molecule has 4 aromatic rings. The summed E-state index contributed by atoms with van der Waals surface area (Å²) in [4.78, 5) is 13.0. The molecule has 0 saturated heterocycles. The van der Waals surface area contributed by atoms with E-state index in [1.54, 1.807) is 36.4 Å². The van der Waals surface area contributed by atoms with Gasteiger partial charge in [-0.15, -0.1) is 5.10 Å². The highest BCUT2D eigenvalue weighted by Crippen LogP contribution is 2.29. The molecule has 0 aliphatic carbocycles. The van der Waals surface area contributed by atoms with E-state index in [2.05, 4.69) is 20.8 Å². The molecule has 0 radical (unpaired) electrons. The van der Waals surface area contributed by atoms with Crippen LogP contribution in [0.2, 0.25) is 5.02 Å². The van der Waals surface area contributed by atoms with Crippen molar-refractivity contribution < 1.29 is 9.53 Å². The van der Waals surface area contributed by atoms with Gasteiger partial charge in [0.25, 0.3) is 0 Å². The van der Waals surface area contributed by atoms with Crippen LogP contribution in [-0.2, 0) is 11.2 Å². The van der Waals surface area contributed by atoms with Crippen LogP contribution >= 0.6 is 11.6 Å². The van der Waals surface area contributed by atoms with Crippen LogP contribution in [0.1, 0.15) is 11.6 Å². The average molecular weight is 420 g/mol. The van der Waals surface area contributed by atoms with Crippen LogP contribution in [0.5, 0.6) is 11.5 Å². The Hall–Kier alpha value is -3.71. The van der Waals surface area contributed by atoms with Crippen molar-refractivity contribution in [3.8, 4) is 11.5 Å². The summed E-state index contributed by atoms with van der Waals surface area (Å²) in [6.07, 6.45) is 1.90. The van der Waals surface area contributed by atoms with Crippen molar-refractivity contribution in [2.45, 2.75) is 12.5 Å². The Kier molecular flexibility index (Phi) is 6.01. The van der Waals surface area contributed by atoms with Crippen LogP contribution < -0.4 is 10.1 Å². The number of rotatable bonds is 7. The van der Waals surface area contributed by atoms with E-state index in [1.807, 2.05) is 42.5 Å². The van der Waals surface area contributed by atoms with Gasteiger partial charge in [-0.3, -0.25) is 4.79 Å². The molecule has 0 fully saturated rings. The molecule has 1 aromatic heterocycles. The lowest BCUT2D eigenvalue weighted by molar-refractivity contribution is -0.119. The minimum Gasteiger partial charge on any atom is -0.456 e. The van der Waals surface area contributed by atoms with Gasteiger partial charge in [0.15, 0.2) is 0 Å². The third kappa shape index (κ3) is 4.82.